The summed E-state index contributed by atoms with van der Waals surface area (Å²) in [5.74, 6) is 0.421. The molecule has 0 spiro atoms. The number of aromatic nitrogens is 2. The van der Waals surface area contributed by atoms with Crippen LogP contribution in [0.2, 0.25) is 0 Å². The van der Waals surface area contributed by atoms with Crippen LogP contribution in [0.1, 0.15) is 10.4 Å². The summed E-state index contributed by atoms with van der Waals surface area (Å²) in [6, 6.07) is 6.96. The maximum atomic E-state index is 12.3. The molecule has 110 valence electrons. The van der Waals surface area contributed by atoms with E-state index in [-0.39, 0.29) is 11.9 Å². The number of amides is 1. The molecule has 1 heterocycles. The molecule has 0 aliphatic carbocycles. The van der Waals surface area contributed by atoms with Gasteiger partial charge in [0.15, 0.2) is 0 Å². The minimum Gasteiger partial charge on any atom is -0.481 e. The van der Waals surface area contributed by atoms with Crippen molar-refractivity contribution in [2.75, 3.05) is 19.5 Å². The third-order valence-electron chi connectivity index (χ3n) is 2.50. The Balaban J connectivity index is 2.28. The molecule has 0 fully saturated rings. The number of nitrogens with one attached hydrogen (secondary N) is 1. The zero-order chi connectivity index (χ0) is 15.4. The van der Waals surface area contributed by atoms with Crippen molar-refractivity contribution >= 4 is 50.4 Å². The van der Waals surface area contributed by atoms with Crippen LogP contribution >= 0.6 is 38.5 Å². The summed E-state index contributed by atoms with van der Waals surface area (Å²) < 4.78 is 11.7. The van der Waals surface area contributed by atoms with E-state index >= 15 is 0 Å². The van der Waals surface area contributed by atoms with E-state index in [0.29, 0.717) is 17.3 Å². The van der Waals surface area contributed by atoms with Gasteiger partial charge >= 0.3 is 0 Å². The molecule has 1 aromatic heterocycles. The molecule has 8 heteroatoms. The quantitative estimate of drug-likeness (QED) is 0.705. The average molecular weight is 464 g/mol. The van der Waals surface area contributed by atoms with E-state index in [0.717, 1.165) is 8.04 Å². The fraction of sp³-hybridized carbons (Fsp3) is 0.154. The van der Waals surface area contributed by atoms with Crippen molar-refractivity contribution in [2.45, 2.75) is 0 Å². The number of carbonyl (C=O) groups is 1. The molecular formula is C13H11BrIN3O3. The predicted molar refractivity (Wildman–Crippen MR) is 89.9 cm³/mol. The highest BCUT2D eigenvalue weighted by atomic mass is 127. The lowest BCUT2D eigenvalue weighted by atomic mass is 10.2. The molecule has 0 saturated carbocycles. The largest absolute Gasteiger partial charge is 0.481 e. The molecule has 1 amide bonds. The first kappa shape index (κ1) is 16.0. The van der Waals surface area contributed by atoms with E-state index in [9.17, 15) is 4.79 Å². The Morgan fingerprint density at radius 1 is 1.19 bits per heavy atom. The monoisotopic (exact) mass is 463 g/mol. The summed E-state index contributed by atoms with van der Waals surface area (Å²) in [4.78, 5) is 20.4. The van der Waals surface area contributed by atoms with Gasteiger partial charge in [-0.2, -0.15) is 9.97 Å². The van der Waals surface area contributed by atoms with Crippen molar-refractivity contribution in [3.05, 3.63) is 37.9 Å². The van der Waals surface area contributed by atoms with Gasteiger partial charge in [0, 0.05) is 8.04 Å². The van der Waals surface area contributed by atoms with Gasteiger partial charge in [0.2, 0.25) is 17.7 Å². The molecule has 21 heavy (non-hydrogen) atoms. The van der Waals surface area contributed by atoms with Gasteiger partial charge in [-0.25, -0.2) is 0 Å². The fourth-order valence-corrected chi connectivity index (χ4v) is 2.45. The molecule has 6 nitrogen and oxygen atoms in total. The van der Waals surface area contributed by atoms with E-state index in [4.69, 9.17) is 9.47 Å². The van der Waals surface area contributed by atoms with Crippen molar-refractivity contribution in [1.82, 2.24) is 9.97 Å². The second-order valence-corrected chi connectivity index (χ2v) is 5.93. The van der Waals surface area contributed by atoms with Gasteiger partial charge in [-0.15, -0.1) is 0 Å². The van der Waals surface area contributed by atoms with Crippen molar-refractivity contribution < 1.29 is 14.3 Å². The minimum atomic E-state index is -0.309. The van der Waals surface area contributed by atoms with E-state index in [2.05, 4.69) is 53.8 Å². The van der Waals surface area contributed by atoms with Gasteiger partial charge in [0.1, 0.15) is 0 Å². The van der Waals surface area contributed by atoms with Crippen LogP contribution in [-0.4, -0.2) is 30.1 Å². The number of rotatable bonds is 4. The van der Waals surface area contributed by atoms with Crippen LogP contribution in [0.5, 0.6) is 11.8 Å². The first-order valence-corrected chi connectivity index (χ1v) is 7.64. The van der Waals surface area contributed by atoms with Crippen LogP contribution in [0.4, 0.5) is 5.95 Å². The van der Waals surface area contributed by atoms with Gasteiger partial charge < -0.3 is 9.47 Å². The number of anilines is 1. The van der Waals surface area contributed by atoms with Crippen LogP contribution in [0.15, 0.2) is 28.7 Å². The third kappa shape index (κ3) is 4.03. The highest BCUT2D eigenvalue weighted by molar-refractivity contribution is 14.1. The number of carbonyl (C=O) groups excluding carboxylic acids is 1. The molecule has 2 aromatic rings. The van der Waals surface area contributed by atoms with Crippen molar-refractivity contribution in [2.24, 2.45) is 0 Å². The Bertz CT molecular complexity index is 659. The molecule has 0 unspecified atom stereocenters. The minimum absolute atomic E-state index is 0.118. The summed E-state index contributed by atoms with van der Waals surface area (Å²) in [6.45, 7) is 0. The molecule has 0 aliphatic heterocycles. The first-order valence-electron chi connectivity index (χ1n) is 5.77. The normalized spacial score (nSPS) is 10.1. The molecule has 2 rings (SSSR count). The van der Waals surface area contributed by atoms with Crippen LogP contribution in [0.25, 0.3) is 0 Å². The van der Waals surface area contributed by atoms with Crippen LogP contribution in [0, 0.1) is 3.57 Å². The maximum Gasteiger partial charge on any atom is 0.259 e. The van der Waals surface area contributed by atoms with E-state index in [1.165, 1.54) is 20.3 Å². The highest BCUT2D eigenvalue weighted by Crippen LogP contribution is 2.21. The third-order valence-corrected chi connectivity index (χ3v) is 3.93. The van der Waals surface area contributed by atoms with E-state index in [1.807, 2.05) is 12.1 Å². The lowest BCUT2D eigenvalue weighted by Crippen LogP contribution is -2.16. The standard InChI is InChI=1S/C13H11BrIN3O3/c1-20-10-6-11(21-2)17-13(16-10)18-12(19)8-5-7(14)3-4-9(8)15/h3-6H,1-2H3,(H,16,17,18,19). The zero-order valence-electron chi connectivity index (χ0n) is 11.2. The van der Waals surface area contributed by atoms with Crippen LogP contribution < -0.4 is 14.8 Å². The molecule has 1 N–H and O–H groups in total. The molecule has 0 saturated heterocycles. The predicted octanol–water partition coefficient (Wildman–Crippen LogP) is 3.11. The fourth-order valence-electron chi connectivity index (χ4n) is 1.51. The van der Waals surface area contributed by atoms with Crippen LogP contribution in [-0.2, 0) is 0 Å². The van der Waals surface area contributed by atoms with Crippen LogP contribution in [0.3, 0.4) is 0 Å². The zero-order valence-corrected chi connectivity index (χ0v) is 14.9. The number of benzene rings is 1. The summed E-state index contributed by atoms with van der Waals surface area (Å²) in [5, 5.41) is 2.63. The molecule has 0 aliphatic rings. The van der Waals surface area contributed by atoms with Gasteiger partial charge in [0.05, 0.1) is 25.8 Å². The Kier molecular flexibility index (Phi) is 5.34. The van der Waals surface area contributed by atoms with Gasteiger partial charge in [0.25, 0.3) is 5.91 Å². The van der Waals surface area contributed by atoms with Crippen molar-refractivity contribution in [3.8, 4) is 11.8 Å². The molecular weight excluding hydrogens is 453 g/mol. The number of hydrogen-bond acceptors (Lipinski definition) is 5. The molecule has 1 aromatic carbocycles. The van der Waals surface area contributed by atoms with Crippen molar-refractivity contribution in [1.29, 1.82) is 0 Å². The van der Waals surface area contributed by atoms with Gasteiger partial charge in [-0.3, -0.25) is 10.1 Å². The summed E-state index contributed by atoms with van der Waals surface area (Å²) in [7, 11) is 2.95. The summed E-state index contributed by atoms with van der Waals surface area (Å²) in [6.07, 6.45) is 0. The number of methoxy groups -OCH3 is 2. The lowest BCUT2D eigenvalue weighted by molar-refractivity contribution is 0.102. The molecule has 0 bridgehead atoms. The summed E-state index contributed by atoms with van der Waals surface area (Å²) in [5.41, 5.74) is 0.523. The maximum absolute atomic E-state index is 12.3. The van der Waals surface area contributed by atoms with Crippen molar-refractivity contribution in [3.63, 3.8) is 0 Å². The number of halogens is 2. The number of hydrogen-bond donors (Lipinski definition) is 1. The Morgan fingerprint density at radius 3 is 2.38 bits per heavy atom. The second kappa shape index (κ2) is 7.03. The van der Waals surface area contributed by atoms with E-state index in [1.54, 1.807) is 6.07 Å². The first-order chi connectivity index (χ1) is 10.0. The molecule has 0 radical (unpaired) electrons. The SMILES string of the molecule is COc1cc(OC)nc(NC(=O)c2cc(Br)ccc2I)n1. The van der Waals surface area contributed by atoms with E-state index < -0.39 is 0 Å². The summed E-state index contributed by atoms with van der Waals surface area (Å²) >= 11 is 5.43. The number of nitrogens with zero attached hydrogens (tertiary/aromatic N) is 2. The number of ether oxygens (including phenoxy) is 2. The smallest absolute Gasteiger partial charge is 0.259 e. The highest BCUT2D eigenvalue weighted by Gasteiger charge is 2.14. The van der Waals surface area contributed by atoms with Gasteiger partial charge in [-0.1, -0.05) is 15.9 Å². The second-order valence-electron chi connectivity index (χ2n) is 3.85. The average Bonchev–Trinajstić information content (AvgIpc) is 2.49. The van der Waals surface area contributed by atoms with Gasteiger partial charge in [-0.05, 0) is 40.8 Å². The Hall–Kier alpha value is -1.42. The topological polar surface area (TPSA) is 73.3 Å². The Labute approximate surface area is 143 Å². The lowest BCUT2D eigenvalue weighted by Gasteiger charge is -2.08. The Morgan fingerprint density at radius 2 is 1.81 bits per heavy atom. The molecule has 0 atom stereocenters.